The number of hydrogen-bond donors (Lipinski definition) is 2. The Labute approximate surface area is 117 Å². The van der Waals surface area contributed by atoms with Crippen molar-refractivity contribution >= 4 is 23.2 Å². The lowest BCUT2D eigenvalue weighted by molar-refractivity contribution is -0.139. The van der Waals surface area contributed by atoms with Gasteiger partial charge in [0.05, 0.1) is 19.6 Å². The lowest BCUT2D eigenvalue weighted by atomic mass is 10.0. The molecule has 1 amide bonds. The summed E-state index contributed by atoms with van der Waals surface area (Å²) in [6.45, 7) is 4.46. The molecule has 106 valence electrons. The van der Waals surface area contributed by atoms with Crippen molar-refractivity contribution < 1.29 is 14.3 Å². The predicted molar refractivity (Wildman–Crippen MR) is 74.7 cm³/mol. The van der Waals surface area contributed by atoms with Gasteiger partial charge in [-0.2, -0.15) is 0 Å². The maximum Gasteiger partial charge on any atom is 0.310 e. The Morgan fingerprint density at radius 3 is 2.53 bits per heavy atom. The molecule has 5 nitrogen and oxygen atoms in total. The fourth-order valence-electron chi connectivity index (χ4n) is 1.70. The Kier molecular flexibility index (Phi) is 5.98. The predicted octanol–water partition coefficient (Wildman–Crippen LogP) is 1.06. The number of thiophene rings is 1. The number of nitrogens with two attached hydrogens (primary N) is 1. The van der Waals surface area contributed by atoms with E-state index in [1.165, 1.54) is 18.4 Å². The number of rotatable bonds is 7. The molecule has 1 heterocycles. The highest BCUT2D eigenvalue weighted by Gasteiger charge is 2.18. The van der Waals surface area contributed by atoms with Gasteiger partial charge in [-0.1, -0.05) is 13.8 Å². The molecular formula is C13H20N2O3S. The lowest BCUT2D eigenvalue weighted by Crippen LogP contribution is -2.44. The number of hydrogen-bond acceptors (Lipinski definition) is 5. The number of amides is 1. The van der Waals surface area contributed by atoms with Crippen LogP contribution in [0.15, 0.2) is 12.1 Å². The van der Waals surface area contributed by atoms with Crippen LogP contribution in [0.1, 0.15) is 23.6 Å². The van der Waals surface area contributed by atoms with Gasteiger partial charge in [0.25, 0.3) is 0 Å². The van der Waals surface area contributed by atoms with Crippen molar-refractivity contribution in [1.29, 1.82) is 0 Å². The maximum atomic E-state index is 11.3. The van der Waals surface area contributed by atoms with Crippen LogP contribution < -0.4 is 11.1 Å². The molecule has 6 heteroatoms. The molecule has 19 heavy (non-hydrogen) atoms. The molecule has 1 rings (SSSR count). The molecule has 3 N–H and O–H groups in total. The first-order valence-electron chi connectivity index (χ1n) is 6.11. The highest BCUT2D eigenvalue weighted by Crippen LogP contribution is 2.17. The maximum absolute atomic E-state index is 11.3. The number of ether oxygens (including phenoxy) is 1. The molecule has 0 aliphatic carbocycles. The summed E-state index contributed by atoms with van der Waals surface area (Å²) in [4.78, 5) is 24.4. The molecular weight excluding hydrogens is 264 g/mol. The van der Waals surface area contributed by atoms with E-state index in [9.17, 15) is 9.59 Å². The topological polar surface area (TPSA) is 81.4 Å². The summed E-state index contributed by atoms with van der Waals surface area (Å²) in [5.74, 6) is -0.452. The van der Waals surface area contributed by atoms with Crippen LogP contribution in [0.4, 0.5) is 0 Å². The SMILES string of the molecule is COC(=O)Cc1ccc(CNC(C(N)=O)C(C)C)s1. The number of nitrogens with one attached hydrogen (secondary N) is 1. The van der Waals surface area contributed by atoms with Gasteiger partial charge in [0.2, 0.25) is 5.91 Å². The highest BCUT2D eigenvalue weighted by atomic mass is 32.1. The number of methoxy groups -OCH3 is 1. The summed E-state index contributed by atoms with van der Waals surface area (Å²) in [7, 11) is 1.37. The zero-order chi connectivity index (χ0) is 14.4. The molecule has 0 saturated heterocycles. The van der Waals surface area contributed by atoms with Gasteiger partial charge in [-0.3, -0.25) is 9.59 Å². The summed E-state index contributed by atoms with van der Waals surface area (Å²) in [6, 6.07) is 3.49. The Hall–Kier alpha value is -1.40. The van der Waals surface area contributed by atoms with Gasteiger partial charge < -0.3 is 15.8 Å². The molecule has 0 spiro atoms. The third-order valence-electron chi connectivity index (χ3n) is 2.73. The molecule has 0 aliphatic rings. The van der Waals surface area contributed by atoms with Crippen LogP contribution in [0.5, 0.6) is 0 Å². The van der Waals surface area contributed by atoms with Gasteiger partial charge in [-0.25, -0.2) is 0 Å². The van der Waals surface area contributed by atoms with E-state index in [0.717, 1.165) is 9.75 Å². The summed E-state index contributed by atoms with van der Waals surface area (Å²) in [5.41, 5.74) is 5.33. The molecule has 1 unspecified atom stereocenters. The monoisotopic (exact) mass is 284 g/mol. The van der Waals surface area contributed by atoms with Gasteiger partial charge in [-0.05, 0) is 18.1 Å². The van der Waals surface area contributed by atoms with E-state index in [1.54, 1.807) is 0 Å². The Balaban J connectivity index is 2.54. The van der Waals surface area contributed by atoms with Crippen molar-refractivity contribution in [1.82, 2.24) is 5.32 Å². The van der Waals surface area contributed by atoms with E-state index >= 15 is 0 Å². The van der Waals surface area contributed by atoms with Crippen molar-refractivity contribution in [2.45, 2.75) is 32.9 Å². The van der Waals surface area contributed by atoms with Crippen molar-refractivity contribution in [3.8, 4) is 0 Å². The Bertz CT molecular complexity index is 443. The van der Waals surface area contributed by atoms with E-state index in [0.29, 0.717) is 6.54 Å². The summed E-state index contributed by atoms with van der Waals surface area (Å²) < 4.78 is 4.62. The van der Waals surface area contributed by atoms with Gasteiger partial charge in [0.1, 0.15) is 0 Å². The number of primary amides is 1. The van der Waals surface area contributed by atoms with Crippen LogP contribution in [-0.4, -0.2) is 25.0 Å². The van der Waals surface area contributed by atoms with E-state index in [1.807, 2.05) is 26.0 Å². The van der Waals surface area contributed by atoms with Crippen LogP contribution in [-0.2, 0) is 27.3 Å². The molecule has 0 radical (unpaired) electrons. The zero-order valence-electron chi connectivity index (χ0n) is 11.4. The van der Waals surface area contributed by atoms with E-state index in [4.69, 9.17) is 5.73 Å². The molecule has 0 bridgehead atoms. The quantitative estimate of drug-likeness (QED) is 0.734. The first-order valence-corrected chi connectivity index (χ1v) is 6.92. The van der Waals surface area contributed by atoms with Crippen LogP contribution in [0.3, 0.4) is 0 Å². The van der Waals surface area contributed by atoms with Crippen LogP contribution >= 0.6 is 11.3 Å². The smallest absolute Gasteiger partial charge is 0.310 e. The molecule has 1 aromatic heterocycles. The average molecular weight is 284 g/mol. The van der Waals surface area contributed by atoms with Crippen molar-refractivity contribution in [2.75, 3.05) is 7.11 Å². The van der Waals surface area contributed by atoms with E-state index in [2.05, 4.69) is 10.1 Å². The minimum absolute atomic E-state index is 0.145. The highest BCUT2D eigenvalue weighted by molar-refractivity contribution is 7.12. The minimum Gasteiger partial charge on any atom is -0.469 e. The zero-order valence-corrected chi connectivity index (χ0v) is 12.3. The van der Waals surface area contributed by atoms with E-state index < -0.39 is 0 Å². The number of carbonyl (C=O) groups excluding carboxylic acids is 2. The standard InChI is InChI=1S/C13H20N2O3S/c1-8(2)12(13(14)17)15-7-10-5-4-9(19-10)6-11(16)18-3/h4-5,8,12,15H,6-7H2,1-3H3,(H2,14,17). The average Bonchev–Trinajstić information content (AvgIpc) is 2.76. The van der Waals surface area contributed by atoms with Gasteiger partial charge in [-0.15, -0.1) is 11.3 Å². The largest absolute Gasteiger partial charge is 0.469 e. The number of carbonyl (C=O) groups is 2. The van der Waals surface area contributed by atoms with Gasteiger partial charge in [0, 0.05) is 16.3 Å². The Morgan fingerprint density at radius 1 is 1.37 bits per heavy atom. The number of esters is 1. The second-order valence-corrected chi connectivity index (χ2v) is 5.88. The first-order chi connectivity index (χ1) is 8.93. The van der Waals surface area contributed by atoms with Crippen LogP contribution in [0.2, 0.25) is 0 Å². The normalized spacial score (nSPS) is 12.4. The molecule has 0 aromatic carbocycles. The lowest BCUT2D eigenvalue weighted by Gasteiger charge is -2.18. The summed E-state index contributed by atoms with van der Waals surface area (Å²) in [5, 5.41) is 3.14. The van der Waals surface area contributed by atoms with Crippen molar-refractivity contribution in [3.63, 3.8) is 0 Å². The second kappa shape index (κ2) is 7.25. The van der Waals surface area contributed by atoms with Gasteiger partial charge in [0.15, 0.2) is 0 Å². The minimum atomic E-state index is -0.346. The molecule has 0 aliphatic heterocycles. The molecule has 0 saturated carbocycles. The fraction of sp³-hybridized carbons (Fsp3) is 0.538. The third-order valence-corrected chi connectivity index (χ3v) is 3.82. The second-order valence-electron chi connectivity index (χ2n) is 4.63. The van der Waals surface area contributed by atoms with Crippen LogP contribution in [0.25, 0.3) is 0 Å². The van der Waals surface area contributed by atoms with Gasteiger partial charge >= 0.3 is 5.97 Å². The fourth-order valence-corrected chi connectivity index (χ4v) is 2.66. The van der Waals surface area contributed by atoms with Crippen molar-refractivity contribution in [3.05, 3.63) is 21.9 Å². The van der Waals surface area contributed by atoms with Crippen LogP contribution in [0, 0.1) is 5.92 Å². The van der Waals surface area contributed by atoms with E-state index in [-0.39, 0.29) is 30.3 Å². The summed E-state index contributed by atoms with van der Waals surface area (Å²) >= 11 is 1.53. The molecule has 0 fully saturated rings. The molecule has 1 aromatic rings. The summed E-state index contributed by atoms with van der Waals surface area (Å²) in [6.07, 6.45) is 0.282. The van der Waals surface area contributed by atoms with Crippen molar-refractivity contribution in [2.24, 2.45) is 11.7 Å². The third kappa shape index (κ3) is 5.00. The Morgan fingerprint density at radius 2 is 2.00 bits per heavy atom. The molecule has 1 atom stereocenters. The first kappa shape index (κ1) is 15.7.